The van der Waals surface area contributed by atoms with Gasteiger partial charge in [-0.15, -0.1) is 11.8 Å². The molecule has 114 valence electrons. The summed E-state index contributed by atoms with van der Waals surface area (Å²) in [5.41, 5.74) is -0.908. The van der Waals surface area contributed by atoms with Gasteiger partial charge in [-0.3, -0.25) is 0 Å². The molecule has 4 atom stereocenters. The molecule has 1 saturated heterocycles. The molecule has 0 bridgehead atoms. The highest BCUT2D eigenvalue weighted by molar-refractivity contribution is 7.98. The van der Waals surface area contributed by atoms with Gasteiger partial charge in [-0.05, 0) is 19.2 Å². The maximum Gasteiger partial charge on any atom is 0.167 e. The van der Waals surface area contributed by atoms with Gasteiger partial charge in [0, 0.05) is 6.20 Å². The van der Waals surface area contributed by atoms with Crippen LogP contribution in [-0.4, -0.2) is 60.5 Å². The molecule has 0 unspecified atom stereocenters. The Labute approximate surface area is 125 Å². The van der Waals surface area contributed by atoms with E-state index in [-0.39, 0.29) is 6.61 Å². The topological polar surface area (TPSA) is 101 Å². The average molecular weight is 311 g/mol. The lowest BCUT2D eigenvalue weighted by Gasteiger charge is -2.27. The van der Waals surface area contributed by atoms with Crippen LogP contribution in [0.5, 0.6) is 0 Å². The quantitative estimate of drug-likeness (QED) is 0.548. The standard InChI is InChI=1S/C13H17N3O4S/c1-13(19)9(18)8(5-17)20-12(13)16-4-3-7-10(16)14-6-15-11(7)21-2/h3-4,6,8-9,12,17-19H,5H2,1-2H3/t8-,9-,12-,13-/m1/s1. The Hall–Kier alpha value is -1.19. The van der Waals surface area contributed by atoms with Crippen molar-refractivity contribution in [3.05, 3.63) is 18.6 Å². The summed E-state index contributed by atoms with van der Waals surface area (Å²) in [5.74, 6) is 0. The molecule has 1 fully saturated rings. The third kappa shape index (κ3) is 2.14. The van der Waals surface area contributed by atoms with Crippen molar-refractivity contribution in [1.29, 1.82) is 0 Å². The van der Waals surface area contributed by atoms with Crippen molar-refractivity contribution in [3.8, 4) is 0 Å². The predicted octanol–water partition coefficient (Wildman–Crippen LogP) is 0.155. The number of aliphatic hydroxyl groups is 3. The molecule has 0 amide bonds. The summed E-state index contributed by atoms with van der Waals surface area (Å²) in [5, 5.41) is 31.5. The van der Waals surface area contributed by atoms with Crippen molar-refractivity contribution in [2.24, 2.45) is 0 Å². The second-order valence-electron chi connectivity index (χ2n) is 5.22. The van der Waals surface area contributed by atoms with Crippen LogP contribution in [0.25, 0.3) is 11.0 Å². The molecule has 7 nitrogen and oxygen atoms in total. The van der Waals surface area contributed by atoms with Gasteiger partial charge in [-0.2, -0.15) is 0 Å². The number of hydrogen-bond donors (Lipinski definition) is 3. The molecule has 0 aliphatic carbocycles. The first-order valence-electron chi connectivity index (χ1n) is 6.53. The third-order valence-electron chi connectivity index (χ3n) is 3.85. The first kappa shape index (κ1) is 14.7. The Morgan fingerprint density at radius 2 is 2.24 bits per heavy atom. The van der Waals surface area contributed by atoms with Crippen molar-refractivity contribution >= 4 is 22.8 Å². The van der Waals surface area contributed by atoms with E-state index >= 15 is 0 Å². The van der Waals surface area contributed by atoms with Crippen LogP contribution >= 0.6 is 11.8 Å². The molecule has 0 spiro atoms. The minimum Gasteiger partial charge on any atom is -0.394 e. The lowest BCUT2D eigenvalue weighted by molar-refractivity contribution is -0.0948. The van der Waals surface area contributed by atoms with Gasteiger partial charge in [-0.1, -0.05) is 0 Å². The van der Waals surface area contributed by atoms with Crippen molar-refractivity contribution < 1.29 is 20.1 Å². The van der Waals surface area contributed by atoms with E-state index in [9.17, 15) is 15.3 Å². The molecule has 8 heteroatoms. The molecule has 1 aliphatic heterocycles. The molecular weight excluding hydrogens is 294 g/mol. The summed E-state index contributed by atoms with van der Waals surface area (Å²) in [6.45, 7) is 1.12. The highest BCUT2D eigenvalue weighted by Crippen LogP contribution is 2.40. The molecule has 0 radical (unpaired) electrons. The molecule has 0 aromatic carbocycles. The SMILES string of the molecule is CSc1ncnc2c1ccn2[C@@H]1O[C@H](CO)[C@@H](O)[C@@]1(C)O. The van der Waals surface area contributed by atoms with Crippen LogP contribution < -0.4 is 0 Å². The molecule has 1 aliphatic rings. The maximum atomic E-state index is 10.5. The average Bonchev–Trinajstić information content (AvgIpc) is 2.99. The van der Waals surface area contributed by atoms with Crippen molar-refractivity contribution in [2.45, 2.75) is 36.0 Å². The number of rotatable bonds is 3. The fourth-order valence-electron chi connectivity index (χ4n) is 2.69. The largest absolute Gasteiger partial charge is 0.394 e. The number of aliphatic hydroxyl groups excluding tert-OH is 2. The molecule has 21 heavy (non-hydrogen) atoms. The van der Waals surface area contributed by atoms with Gasteiger partial charge in [0.05, 0.1) is 12.0 Å². The van der Waals surface area contributed by atoms with Gasteiger partial charge in [0.25, 0.3) is 0 Å². The van der Waals surface area contributed by atoms with Crippen LogP contribution in [0.15, 0.2) is 23.6 Å². The van der Waals surface area contributed by atoms with Gasteiger partial charge in [0.2, 0.25) is 0 Å². The summed E-state index contributed by atoms with van der Waals surface area (Å²) < 4.78 is 7.27. The molecular formula is C13H17N3O4S. The molecule has 2 aromatic rings. The summed E-state index contributed by atoms with van der Waals surface area (Å²) in [4.78, 5) is 8.43. The summed E-state index contributed by atoms with van der Waals surface area (Å²) in [6, 6.07) is 1.85. The van der Waals surface area contributed by atoms with E-state index in [1.54, 1.807) is 10.8 Å². The van der Waals surface area contributed by atoms with E-state index in [4.69, 9.17) is 4.74 Å². The Kier molecular flexibility index (Phi) is 3.66. The number of fused-ring (bicyclic) bond motifs is 1. The Balaban J connectivity index is 2.09. The highest BCUT2D eigenvalue weighted by Gasteiger charge is 2.53. The van der Waals surface area contributed by atoms with Crippen LogP contribution in [0, 0.1) is 0 Å². The van der Waals surface area contributed by atoms with Crippen LogP contribution in [0.4, 0.5) is 0 Å². The monoisotopic (exact) mass is 311 g/mol. The van der Waals surface area contributed by atoms with Gasteiger partial charge < -0.3 is 24.6 Å². The first-order valence-corrected chi connectivity index (χ1v) is 7.75. The summed E-state index contributed by atoms with van der Waals surface area (Å²) >= 11 is 1.50. The highest BCUT2D eigenvalue weighted by atomic mass is 32.2. The van der Waals surface area contributed by atoms with E-state index in [1.165, 1.54) is 25.0 Å². The van der Waals surface area contributed by atoms with E-state index in [2.05, 4.69) is 9.97 Å². The number of ether oxygens (including phenoxy) is 1. The molecule has 3 rings (SSSR count). The zero-order valence-corrected chi connectivity index (χ0v) is 12.5. The number of nitrogens with zero attached hydrogens (tertiary/aromatic N) is 3. The molecule has 2 aromatic heterocycles. The van der Waals surface area contributed by atoms with Crippen molar-refractivity contribution in [1.82, 2.24) is 14.5 Å². The summed E-state index contributed by atoms with van der Waals surface area (Å²) in [7, 11) is 0. The second-order valence-corrected chi connectivity index (χ2v) is 6.02. The normalized spacial score (nSPS) is 32.9. The smallest absolute Gasteiger partial charge is 0.167 e. The zero-order valence-electron chi connectivity index (χ0n) is 11.7. The Bertz CT molecular complexity index is 660. The van der Waals surface area contributed by atoms with Crippen molar-refractivity contribution in [2.75, 3.05) is 12.9 Å². The number of hydrogen-bond acceptors (Lipinski definition) is 7. The van der Waals surface area contributed by atoms with Gasteiger partial charge >= 0.3 is 0 Å². The molecule has 0 saturated carbocycles. The van der Waals surface area contributed by atoms with E-state index in [0.29, 0.717) is 5.65 Å². The lowest BCUT2D eigenvalue weighted by Crippen LogP contribution is -2.44. The van der Waals surface area contributed by atoms with Gasteiger partial charge in [-0.25, -0.2) is 9.97 Å². The van der Waals surface area contributed by atoms with Crippen LogP contribution in [-0.2, 0) is 4.74 Å². The van der Waals surface area contributed by atoms with Gasteiger partial charge in [0.15, 0.2) is 6.23 Å². The third-order valence-corrected chi connectivity index (χ3v) is 4.57. The van der Waals surface area contributed by atoms with Crippen molar-refractivity contribution in [3.63, 3.8) is 0 Å². The number of aromatic nitrogens is 3. The first-order chi connectivity index (χ1) is 10.0. The fourth-order valence-corrected chi connectivity index (χ4v) is 3.22. The fraction of sp³-hybridized carbons (Fsp3) is 0.538. The lowest BCUT2D eigenvalue weighted by atomic mass is 9.96. The van der Waals surface area contributed by atoms with Crippen LogP contribution in [0.3, 0.4) is 0 Å². The molecule has 3 heterocycles. The zero-order chi connectivity index (χ0) is 15.2. The minimum atomic E-state index is -1.52. The van der Waals surface area contributed by atoms with E-state index < -0.39 is 24.0 Å². The van der Waals surface area contributed by atoms with Gasteiger partial charge in [0.1, 0.15) is 34.8 Å². The van der Waals surface area contributed by atoms with E-state index in [1.807, 2.05) is 12.3 Å². The summed E-state index contributed by atoms with van der Waals surface area (Å²) in [6.07, 6.45) is 2.29. The van der Waals surface area contributed by atoms with E-state index in [0.717, 1.165) is 10.4 Å². The second kappa shape index (κ2) is 5.22. The maximum absolute atomic E-state index is 10.5. The Morgan fingerprint density at radius 1 is 1.48 bits per heavy atom. The predicted molar refractivity (Wildman–Crippen MR) is 76.9 cm³/mol. The number of thioether (sulfide) groups is 1. The minimum absolute atomic E-state index is 0.363. The Morgan fingerprint density at radius 3 is 2.86 bits per heavy atom. The van der Waals surface area contributed by atoms with Crippen LogP contribution in [0.1, 0.15) is 13.2 Å². The molecule has 3 N–H and O–H groups in total. The van der Waals surface area contributed by atoms with Crippen LogP contribution in [0.2, 0.25) is 0 Å².